The normalized spacial score (nSPS) is 22.1. The van der Waals surface area contributed by atoms with Gasteiger partial charge in [-0.15, -0.1) is 0 Å². The van der Waals surface area contributed by atoms with Gasteiger partial charge >= 0.3 is 0 Å². The molecule has 0 bridgehead atoms. The topological polar surface area (TPSA) is 82.2 Å². The summed E-state index contributed by atoms with van der Waals surface area (Å²) in [5.41, 5.74) is 10.2. The summed E-state index contributed by atoms with van der Waals surface area (Å²) in [6, 6.07) is 18.4. The van der Waals surface area contributed by atoms with E-state index in [2.05, 4.69) is 12.1 Å². The second-order valence-corrected chi connectivity index (χ2v) is 10.2. The van der Waals surface area contributed by atoms with Gasteiger partial charge in [-0.25, -0.2) is 8.42 Å². The predicted octanol–water partition coefficient (Wildman–Crippen LogP) is 4.15. The smallest absolute Gasteiger partial charge is 0.249 e. The number of nitrogens with two attached hydrogens (primary N) is 1. The highest BCUT2D eigenvalue weighted by atomic mass is 32.2. The first kappa shape index (κ1) is 18.4. The van der Waals surface area contributed by atoms with Gasteiger partial charge in [0.1, 0.15) is 0 Å². The lowest BCUT2D eigenvalue weighted by molar-refractivity contribution is -0.114. The molecule has 0 saturated carbocycles. The molecule has 0 spiro atoms. The number of para-hydroxylation sites is 1. The van der Waals surface area contributed by atoms with Gasteiger partial charge in [-0.1, -0.05) is 48.6 Å². The second kappa shape index (κ2) is 6.31. The number of aromatic nitrogens is 1. The molecule has 0 saturated heterocycles. The number of fused-ring (bicyclic) bond motifs is 6. The number of rotatable bonds is 3. The SMILES string of the molecule is NC(=O)C1=C2C1=C1C=CCCC1c1cc3ccccc3n1C2S(=O)(=O)c1ccccc1. The summed E-state index contributed by atoms with van der Waals surface area (Å²) in [6.07, 6.45) is 5.90. The molecule has 2 N–H and O–H groups in total. The molecule has 5 nitrogen and oxygen atoms in total. The number of carbonyl (C=O) groups excluding carboxylic acids is 1. The fraction of sp³-hybridized carbons (Fsp3) is 0.160. The van der Waals surface area contributed by atoms with E-state index in [4.69, 9.17) is 5.73 Å². The molecule has 1 aromatic heterocycles. The van der Waals surface area contributed by atoms with Gasteiger partial charge in [0, 0.05) is 22.7 Å². The molecule has 2 atom stereocenters. The lowest BCUT2D eigenvalue weighted by Crippen LogP contribution is -2.22. The summed E-state index contributed by atoms with van der Waals surface area (Å²) in [5.74, 6) is -0.543. The Morgan fingerprint density at radius 2 is 1.77 bits per heavy atom. The van der Waals surface area contributed by atoms with Crippen molar-refractivity contribution < 1.29 is 13.2 Å². The van der Waals surface area contributed by atoms with Gasteiger partial charge < -0.3 is 10.3 Å². The van der Waals surface area contributed by atoms with E-state index in [0.29, 0.717) is 11.1 Å². The maximum absolute atomic E-state index is 14.0. The molecule has 0 radical (unpaired) electrons. The van der Waals surface area contributed by atoms with E-state index < -0.39 is 21.1 Å². The summed E-state index contributed by atoms with van der Waals surface area (Å²) in [5, 5.41) is -0.0289. The van der Waals surface area contributed by atoms with E-state index in [9.17, 15) is 13.2 Å². The Bertz CT molecular complexity index is 1470. The van der Waals surface area contributed by atoms with Gasteiger partial charge in [-0.3, -0.25) is 4.79 Å². The number of sulfone groups is 1. The Balaban J connectivity index is 1.73. The van der Waals surface area contributed by atoms with Crippen LogP contribution < -0.4 is 5.73 Å². The van der Waals surface area contributed by atoms with Crippen molar-refractivity contribution in [2.75, 3.05) is 0 Å². The molecular formula is C25H20N2O3S. The number of hydrogen-bond acceptors (Lipinski definition) is 3. The summed E-state index contributed by atoms with van der Waals surface area (Å²) in [4.78, 5) is 12.6. The number of hydrogen-bond donors (Lipinski definition) is 1. The number of carbonyl (C=O) groups is 1. The summed E-state index contributed by atoms with van der Waals surface area (Å²) in [6.45, 7) is 0. The molecule has 154 valence electrons. The number of amides is 1. The highest BCUT2D eigenvalue weighted by Crippen LogP contribution is 2.58. The van der Waals surface area contributed by atoms with Gasteiger partial charge in [0.05, 0.1) is 10.5 Å². The minimum absolute atomic E-state index is 0.0234. The van der Waals surface area contributed by atoms with E-state index in [-0.39, 0.29) is 10.8 Å². The Labute approximate surface area is 180 Å². The van der Waals surface area contributed by atoms with Crippen LogP contribution in [-0.4, -0.2) is 18.9 Å². The molecule has 6 heteroatoms. The Hall–Kier alpha value is -3.38. The highest BCUT2D eigenvalue weighted by Gasteiger charge is 2.51. The lowest BCUT2D eigenvalue weighted by atomic mass is 9.85. The molecule has 3 aromatic rings. The minimum atomic E-state index is -3.84. The van der Waals surface area contributed by atoms with Gasteiger partial charge in [0.2, 0.25) is 15.7 Å². The average Bonchev–Trinajstić information content (AvgIpc) is 3.43. The summed E-state index contributed by atoms with van der Waals surface area (Å²) in [7, 11) is -3.84. The Morgan fingerprint density at radius 1 is 1.03 bits per heavy atom. The molecule has 1 amide bonds. The van der Waals surface area contributed by atoms with Crippen molar-refractivity contribution in [2.45, 2.75) is 29.0 Å². The molecule has 2 unspecified atom stereocenters. The molecule has 6 rings (SSSR count). The van der Waals surface area contributed by atoms with Crippen molar-refractivity contribution in [2.24, 2.45) is 5.73 Å². The van der Waals surface area contributed by atoms with Gasteiger partial charge in [-0.05, 0) is 53.6 Å². The van der Waals surface area contributed by atoms with Crippen LogP contribution in [0.2, 0.25) is 0 Å². The molecule has 31 heavy (non-hydrogen) atoms. The third-order valence-electron chi connectivity index (χ3n) is 6.54. The van der Waals surface area contributed by atoms with Crippen molar-refractivity contribution in [3.05, 3.63) is 101 Å². The van der Waals surface area contributed by atoms with Crippen molar-refractivity contribution >= 4 is 26.6 Å². The molecule has 2 heterocycles. The van der Waals surface area contributed by atoms with Crippen LogP contribution in [0.1, 0.15) is 29.8 Å². The summed E-state index contributed by atoms with van der Waals surface area (Å²) >= 11 is 0. The van der Waals surface area contributed by atoms with Crippen LogP contribution in [0.4, 0.5) is 0 Å². The maximum Gasteiger partial charge on any atom is 0.249 e. The number of nitrogens with zero attached hydrogens (tertiary/aromatic N) is 1. The van der Waals surface area contributed by atoms with Crippen LogP contribution in [0.3, 0.4) is 0 Å². The molecule has 1 aliphatic heterocycles. The minimum Gasteiger partial charge on any atom is -0.366 e. The summed E-state index contributed by atoms with van der Waals surface area (Å²) < 4.78 is 29.9. The predicted molar refractivity (Wildman–Crippen MR) is 119 cm³/mol. The third kappa shape index (κ3) is 2.48. The molecule has 0 fully saturated rings. The first-order valence-corrected chi connectivity index (χ1v) is 11.9. The molecular weight excluding hydrogens is 408 g/mol. The molecule has 3 aliphatic rings. The molecule has 2 aromatic carbocycles. The second-order valence-electron chi connectivity index (χ2n) is 8.22. The zero-order valence-corrected chi connectivity index (χ0v) is 17.5. The lowest BCUT2D eigenvalue weighted by Gasteiger charge is -2.25. The van der Waals surface area contributed by atoms with Crippen LogP contribution >= 0.6 is 0 Å². The van der Waals surface area contributed by atoms with Crippen molar-refractivity contribution in [1.29, 1.82) is 0 Å². The zero-order valence-electron chi connectivity index (χ0n) is 16.7. The maximum atomic E-state index is 14.0. The number of primary amides is 1. The fourth-order valence-electron chi connectivity index (χ4n) is 5.20. The van der Waals surface area contributed by atoms with Crippen LogP contribution in [-0.2, 0) is 14.6 Å². The fourth-order valence-corrected chi connectivity index (χ4v) is 7.06. The quantitative estimate of drug-likeness (QED) is 0.680. The first-order valence-electron chi connectivity index (χ1n) is 10.3. The number of allylic oxidation sites excluding steroid dienone is 3. The van der Waals surface area contributed by atoms with Crippen LogP contribution in [0, 0.1) is 0 Å². The van der Waals surface area contributed by atoms with E-state index in [1.165, 1.54) is 0 Å². The standard InChI is InChI=1S/C25H20N2O3S/c26-24(28)22-21-18-12-6-5-11-17(18)20-14-15-8-4-7-13-19(15)27(20)25(23(21)22)31(29,30)16-9-2-1-3-10-16/h1-4,6-10,12-14,17,25H,5,11H2,(H2,26,28). The van der Waals surface area contributed by atoms with Gasteiger partial charge in [0.25, 0.3) is 0 Å². The first-order chi connectivity index (χ1) is 15.0. The Kier molecular flexibility index (Phi) is 3.74. The van der Waals surface area contributed by atoms with Crippen molar-refractivity contribution in [1.82, 2.24) is 4.57 Å². The van der Waals surface area contributed by atoms with E-state index >= 15 is 0 Å². The highest BCUT2D eigenvalue weighted by molar-refractivity contribution is 7.91. The Morgan fingerprint density at radius 3 is 2.55 bits per heavy atom. The monoisotopic (exact) mass is 428 g/mol. The van der Waals surface area contributed by atoms with Crippen molar-refractivity contribution in [3.8, 4) is 0 Å². The van der Waals surface area contributed by atoms with Gasteiger partial charge in [-0.2, -0.15) is 0 Å². The van der Waals surface area contributed by atoms with Crippen LogP contribution in [0.25, 0.3) is 10.9 Å². The number of benzene rings is 2. The van der Waals surface area contributed by atoms with Gasteiger partial charge in [0.15, 0.2) is 5.37 Å². The van der Waals surface area contributed by atoms with E-state index in [1.54, 1.807) is 30.3 Å². The van der Waals surface area contributed by atoms with Crippen molar-refractivity contribution in [3.63, 3.8) is 0 Å². The van der Waals surface area contributed by atoms with Crippen LogP contribution in [0.15, 0.2) is 100 Å². The van der Waals surface area contributed by atoms with E-state index in [0.717, 1.165) is 40.6 Å². The average molecular weight is 429 g/mol. The molecule has 2 aliphatic carbocycles. The van der Waals surface area contributed by atoms with Crippen LogP contribution in [0.5, 0.6) is 0 Å². The van der Waals surface area contributed by atoms with E-state index in [1.807, 2.05) is 34.9 Å². The third-order valence-corrected chi connectivity index (χ3v) is 8.50. The largest absolute Gasteiger partial charge is 0.366 e. The zero-order chi connectivity index (χ0) is 21.3.